The minimum Gasteiger partial charge on any atom is -0.382 e. The fourth-order valence-electron chi connectivity index (χ4n) is 0.958. The third kappa shape index (κ3) is 0.914. The second-order valence-corrected chi connectivity index (χ2v) is 2.28. The van der Waals surface area contributed by atoms with Crippen LogP contribution in [0.2, 0.25) is 0 Å². The summed E-state index contributed by atoms with van der Waals surface area (Å²) >= 11 is 0. The summed E-state index contributed by atoms with van der Waals surface area (Å²) in [6.07, 6.45) is 2.64. The monoisotopic (exact) mass is 160 g/mol. The predicted molar refractivity (Wildman–Crippen MR) is 45.0 cm³/mol. The average molecular weight is 160 g/mol. The highest BCUT2D eigenvalue weighted by molar-refractivity contribution is 5.84. The van der Waals surface area contributed by atoms with Crippen LogP contribution in [0.1, 0.15) is 0 Å². The van der Waals surface area contributed by atoms with Gasteiger partial charge in [0, 0.05) is 0 Å². The van der Waals surface area contributed by atoms with Gasteiger partial charge in [-0.15, -0.1) is 0 Å². The molecule has 5 nitrogen and oxygen atoms in total. The Labute approximate surface area is 68.5 Å². The molecular formula is C7H6N5. The Bertz CT molecular complexity index is 425. The number of hydrogen-bond donors (Lipinski definition) is 2. The second kappa shape index (κ2) is 2.30. The molecule has 0 aromatic carbocycles. The van der Waals surface area contributed by atoms with Gasteiger partial charge in [0.2, 0.25) is 5.95 Å². The lowest BCUT2D eigenvalue weighted by atomic mass is 10.3. The summed E-state index contributed by atoms with van der Waals surface area (Å²) in [6.45, 7) is 0. The van der Waals surface area contributed by atoms with Crippen LogP contribution in [0.3, 0.4) is 0 Å². The third-order valence-electron chi connectivity index (χ3n) is 1.45. The van der Waals surface area contributed by atoms with Crippen molar-refractivity contribution in [3.05, 3.63) is 18.3 Å². The number of fused-ring (bicyclic) bond motifs is 1. The Hall–Kier alpha value is -1.91. The van der Waals surface area contributed by atoms with E-state index in [1.54, 1.807) is 12.1 Å². The predicted octanol–water partition coefficient (Wildman–Crippen LogP) is -0.0106. The maximum Gasteiger partial charge on any atom is 0.222 e. The molecule has 0 atom stereocenters. The Kier molecular flexibility index (Phi) is 1.30. The zero-order valence-electron chi connectivity index (χ0n) is 6.15. The highest BCUT2D eigenvalue weighted by Gasteiger charge is 2.01. The van der Waals surface area contributed by atoms with Gasteiger partial charge >= 0.3 is 0 Å². The van der Waals surface area contributed by atoms with Crippen molar-refractivity contribution in [1.82, 2.24) is 15.0 Å². The molecule has 0 unspecified atom stereocenters. The molecule has 0 bridgehead atoms. The number of nitrogen functional groups attached to an aromatic ring is 2. The number of rotatable bonds is 0. The fourth-order valence-corrected chi connectivity index (χ4v) is 0.958. The number of nitrogens with two attached hydrogens (primary N) is 2. The Morgan fingerprint density at radius 2 is 2.08 bits per heavy atom. The molecular weight excluding hydrogens is 154 g/mol. The first-order valence-electron chi connectivity index (χ1n) is 3.33. The number of anilines is 2. The molecule has 2 aromatic heterocycles. The van der Waals surface area contributed by atoms with E-state index < -0.39 is 0 Å². The molecule has 0 aliphatic carbocycles. The summed E-state index contributed by atoms with van der Waals surface area (Å²) in [6, 6.07) is 3.38. The van der Waals surface area contributed by atoms with Crippen molar-refractivity contribution in [2.24, 2.45) is 0 Å². The lowest BCUT2D eigenvalue weighted by Gasteiger charge is -1.98. The molecule has 4 N–H and O–H groups in total. The van der Waals surface area contributed by atoms with Gasteiger partial charge in [0.25, 0.3) is 0 Å². The lowest BCUT2D eigenvalue weighted by Crippen LogP contribution is -2.01. The first kappa shape index (κ1) is 6.78. The molecule has 0 fully saturated rings. The Balaban J connectivity index is 2.89. The zero-order valence-corrected chi connectivity index (χ0v) is 6.15. The summed E-state index contributed by atoms with van der Waals surface area (Å²) < 4.78 is 0. The highest BCUT2D eigenvalue weighted by atomic mass is 15.0. The van der Waals surface area contributed by atoms with E-state index in [0.717, 1.165) is 0 Å². The van der Waals surface area contributed by atoms with Gasteiger partial charge in [-0.3, -0.25) is 0 Å². The van der Waals surface area contributed by atoms with Crippen LogP contribution >= 0.6 is 0 Å². The SMILES string of the molecule is Nc1nc(N)c2n[c]ccc2n1. The third-order valence-corrected chi connectivity index (χ3v) is 1.45. The van der Waals surface area contributed by atoms with E-state index in [1.165, 1.54) is 0 Å². The molecule has 2 heterocycles. The van der Waals surface area contributed by atoms with Crippen LogP contribution in [0, 0.1) is 6.20 Å². The maximum absolute atomic E-state index is 5.54. The van der Waals surface area contributed by atoms with Crippen molar-refractivity contribution in [1.29, 1.82) is 0 Å². The molecule has 0 aliphatic rings. The van der Waals surface area contributed by atoms with Crippen molar-refractivity contribution in [3.8, 4) is 0 Å². The van der Waals surface area contributed by atoms with E-state index in [1.807, 2.05) is 0 Å². The second-order valence-electron chi connectivity index (χ2n) is 2.28. The molecule has 5 heteroatoms. The molecule has 2 rings (SSSR count). The highest BCUT2D eigenvalue weighted by Crippen LogP contribution is 2.14. The van der Waals surface area contributed by atoms with Gasteiger partial charge in [0.15, 0.2) is 5.82 Å². The van der Waals surface area contributed by atoms with Gasteiger partial charge in [-0.05, 0) is 12.1 Å². The fraction of sp³-hybridized carbons (Fsp3) is 0. The van der Waals surface area contributed by atoms with Gasteiger partial charge < -0.3 is 11.5 Å². The van der Waals surface area contributed by atoms with E-state index in [-0.39, 0.29) is 11.8 Å². The van der Waals surface area contributed by atoms with Gasteiger partial charge in [-0.1, -0.05) is 0 Å². The topological polar surface area (TPSA) is 90.7 Å². The minimum atomic E-state index is 0.160. The largest absolute Gasteiger partial charge is 0.382 e. The molecule has 0 spiro atoms. The summed E-state index contributed by atoms with van der Waals surface area (Å²) in [7, 11) is 0. The lowest BCUT2D eigenvalue weighted by molar-refractivity contribution is 1.22. The van der Waals surface area contributed by atoms with Gasteiger partial charge in [-0.2, -0.15) is 4.98 Å². The minimum absolute atomic E-state index is 0.160. The average Bonchev–Trinajstić information content (AvgIpc) is 2.04. The van der Waals surface area contributed by atoms with E-state index in [2.05, 4.69) is 21.1 Å². The van der Waals surface area contributed by atoms with Crippen LogP contribution in [-0.4, -0.2) is 15.0 Å². The van der Waals surface area contributed by atoms with E-state index >= 15 is 0 Å². The number of aromatic nitrogens is 3. The van der Waals surface area contributed by atoms with Crippen LogP contribution in [0.4, 0.5) is 11.8 Å². The van der Waals surface area contributed by atoms with Crippen LogP contribution in [0.25, 0.3) is 11.0 Å². The van der Waals surface area contributed by atoms with Crippen molar-refractivity contribution >= 4 is 22.8 Å². The molecule has 1 radical (unpaired) electrons. The standard InChI is InChI=1S/C7H6N5/c8-6-5-4(2-1-3-10-5)11-7(9)12-6/h1-2H,(H4,8,9,11,12). The molecule has 0 saturated carbocycles. The molecule has 2 aromatic rings. The number of pyridine rings is 1. The van der Waals surface area contributed by atoms with Crippen molar-refractivity contribution < 1.29 is 0 Å². The van der Waals surface area contributed by atoms with E-state index in [4.69, 9.17) is 11.5 Å². The van der Waals surface area contributed by atoms with Gasteiger partial charge in [0.1, 0.15) is 5.52 Å². The Morgan fingerprint density at radius 1 is 1.25 bits per heavy atom. The first-order chi connectivity index (χ1) is 5.77. The maximum atomic E-state index is 5.54. The van der Waals surface area contributed by atoms with Crippen molar-refractivity contribution in [2.45, 2.75) is 0 Å². The van der Waals surface area contributed by atoms with Crippen LogP contribution in [-0.2, 0) is 0 Å². The summed E-state index contributed by atoms with van der Waals surface area (Å²) in [5.41, 5.74) is 12.1. The first-order valence-corrected chi connectivity index (χ1v) is 3.33. The van der Waals surface area contributed by atoms with Gasteiger partial charge in [-0.25, -0.2) is 9.97 Å². The number of nitrogens with zero attached hydrogens (tertiary/aromatic N) is 3. The van der Waals surface area contributed by atoms with E-state index in [9.17, 15) is 0 Å². The van der Waals surface area contributed by atoms with Crippen LogP contribution in [0.15, 0.2) is 12.1 Å². The van der Waals surface area contributed by atoms with Crippen LogP contribution in [0.5, 0.6) is 0 Å². The van der Waals surface area contributed by atoms with E-state index in [0.29, 0.717) is 11.0 Å². The molecule has 12 heavy (non-hydrogen) atoms. The summed E-state index contributed by atoms with van der Waals surface area (Å²) in [5, 5.41) is 0. The van der Waals surface area contributed by atoms with Gasteiger partial charge in [0.05, 0.1) is 11.7 Å². The zero-order chi connectivity index (χ0) is 8.55. The molecule has 0 amide bonds. The molecule has 0 aliphatic heterocycles. The number of hydrogen-bond acceptors (Lipinski definition) is 5. The Morgan fingerprint density at radius 3 is 2.92 bits per heavy atom. The normalized spacial score (nSPS) is 10.3. The summed E-state index contributed by atoms with van der Waals surface area (Å²) in [5.74, 6) is 0.447. The smallest absolute Gasteiger partial charge is 0.222 e. The quantitative estimate of drug-likeness (QED) is 0.565. The molecule has 59 valence electrons. The summed E-state index contributed by atoms with van der Waals surface area (Å²) in [4.78, 5) is 11.6. The molecule has 0 saturated heterocycles. The van der Waals surface area contributed by atoms with Crippen LogP contribution < -0.4 is 11.5 Å². The van der Waals surface area contributed by atoms with Crippen molar-refractivity contribution in [2.75, 3.05) is 11.5 Å². The van der Waals surface area contributed by atoms with Crippen molar-refractivity contribution in [3.63, 3.8) is 0 Å².